The van der Waals surface area contributed by atoms with E-state index >= 15 is 0 Å². The Bertz CT molecular complexity index is 1560. The van der Waals surface area contributed by atoms with Crippen molar-refractivity contribution in [2.24, 2.45) is 0 Å². The van der Waals surface area contributed by atoms with Crippen LogP contribution in [0.1, 0.15) is 60.0 Å². The maximum absolute atomic E-state index is 13.9. The number of sulfonamides is 1. The summed E-state index contributed by atoms with van der Waals surface area (Å²) in [5, 5.41) is 3.18. The molecule has 0 radical (unpaired) electrons. The van der Waals surface area contributed by atoms with Crippen LogP contribution < -0.4 is 5.32 Å². The second kappa shape index (κ2) is 13.2. The summed E-state index contributed by atoms with van der Waals surface area (Å²) in [4.78, 5) is 42.2. The van der Waals surface area contributed by atoms with E-state index in [0.29, 0.717) is 6.42 Å². The van der Waals surface area contributed by atoms with Crippen LogP contribution in [0, 0.1) is 0 Å². The van der Waals surface area contributed by atoms with E-state index < -0.39 is 22.0 Å². The topological polar surface area (TPSA) is 104 Å². The average molecular weight is 653 g/mol. The number of carbonyl (C=O) groups is 3. The lowest BCUT2D eigenvalue weighted by Gasteiger charge is -2.32. The molecule has 8 nitrogen and oxygen atoms in total. The Morgan fingerprint density at radius 2 is 1.64 bits per heavy atom. The van der Waals surface area contributed by atoms with Gasteiger partial charge in [0.15, 0.2) is 0 Å². The standard InChI is InChI=1S/C32H34BrN3O5S/c33-25-13-8-12-24(20-25)22-35(28(21-23-10-2-1-3-11-23)31(38)34-26-14-4-5-15-26)30(37)18-9-19-36-32(39)27-16-6-7-17-29(27)42(36,40)41/h1-3,6-8,10-13,16-17,20,26,28H,4-5,9,14-15,18-19,21-22H2,(H,34,38)/t28-/m0/s1. The molecule has 1 fully saturated rings. The van der Waals surface area contributed by atoms with Gasteiger partial charge in [-0.1, -0.05) is 83.4 Å². The Kier molecular flexibility index (Phi) is 9.43. The molecular formula is C32H34BrN3O5S. The van der Waals surface area contributed by atoms with Crippen molar-refractivity contribution in [3.8, 4) is 0 Å². The fraction of sp³-hybridized carbons (Fsp3) is 0.344. The van der Waals surface area contributed by atoms with E-state index in [-0.39, 0.29) is 54.2 Å². The summed E-state index contributed by atoms with van der Waals surface area (Å²) >= 11 is 3.50. The molecule has 1 aliphatic heterocycles. The van der Waals surface area contributed by atoms with Crippen molar-refractivity contribution in [1.82, 2.24) is 14.5 Å². The number of carbonyl (C=O) groups excluding carboxylic acids is 3. The molecule has 10 heteroatoms. The Morgan fingerprint density at radius 3 is 2.36 bits per heavy atom. The molecule has 0 unspecified atom stereocenters. The number of halogens is 1. The van der Waals surface area contributed by atoms with Gasteiger partial charge in [0.25, 0.3) is 15.9 Å². The Labute approximate surface area is 255 Å². The monoisotopic (exact) mass is 651 g/mol. The minimum atomic E-state index is -3.96. The van der Waals surface area contributed by atoms with Gasteiger partial charge >= 0.3 is 0 Å². The van der Waals surface area contributed by atoms with Crippen LogP contribution in [0.2, 0.25) is 0 Å². The van der Waals surface area contributed by atoms with Crippen molar-refractivity contribution in [3.63, 3.8) is 0 Å². The van der Waals surface area contributed by atoms with E-state index in [2.05, 4.69) is 21.2 Å². The van der Waals surface area contributed by atoms with Crippen LogP contribution in [-0.4, -0.2) is 54.0 Å². The van der Waals surface area contributed by atoms with Gasteiger partial charge in [-0.05, 0) is 54.7 Å². The second-order valence-electron chi connectivity index (χ2n) is 10.8. The predicted octanol–water partition coefficient (Wildman–Crippen LogP) is 5.07. The number of nitrogens with one attached hydrogen (secondary N) is 1. The lowest BCUT2D eigenvalue weighted by atomic mass is 10.0. The van der Waals surface area contributed by atoms with Gasteiger partial charge in [-0.2, -0.15) is 0 Å². The number of rotatable bonds is 11. The number of fused-ring (bicyclic) bond motifs is 1. The summed E-state index contributed by atoms with van der Waals surface area (Å²) in [6, 6.07) is 22.7. The molecule has 2 aliphatic rings. The highest BCUT2D eigenvalue weighted by molar-refractivity contribution is 9.10. The fourth-order valence-corrected chi connectivity index (χ4v) is 7.78. The zero-order valence-electron chi connectivity index (χ0n) is 23.2. The molecule has 3 amide bonds. The number of amides is 3. The zero-order chi connectivity index (χ0) is 29.7. The molecule has 220 valence electrons. The van der Waals surface area contributed by atoms with Crippen molar-refractivity contribution in [1.29, 1.82) is 0 Å². The molecule has 0 saturated heterocycles. The summed E-state index contributed by atoms with van der Waals surface area (Å²) in [7, 11) is -3.96. The summed E-state index contributed by atoms with van der Waals surface area (Å²) in [6.07, 6.45) is 4.43. The van der Waals surface area contributed by atoms with Crippen molar-refractivity contribution in [2.45, 2.75) is 68.5 Å². The normalized spacial score (nSPS) is 16.7. The zero-order valence-corrected chi connectivity index (χ0v) is 25.6. The molecular weight excluding hydrogens is 618 g/mol. The smallest absolute Gasteiger partial charge is 0.269 e. The summed E-state index contributed by atoms with van der Waals surface area (Å²) in [5.41, 5.74) is 1.94. The van der Waals surface area contributed by atoms with E-state index in [1.54, 1.807) is 17.0 Å². The molecule has 3 aromatic carbocycles. The Hall–Kier alpha value is -3.50. The van der Waals surface area contributed by atoms with E-state index in [9.17, 15) is 22.8 Å². The summed E-state index contributed by atoms with van der Waals surface area (Å²) in [6.45, 7) is 0.0875. The molecule has 1 saturated carbocycles. The van der Waals surface area contributed by atoms with Gasteiger partial charge in [0.05, 0.1) is 5.56 Å². The van der Waals surface area contributed by atoms with E-state index in [1.165, 1.54) is 12.1 Å². The van der Waals surface area contributed by atoms with Crippen molar-refractivity contribution < 1.29 is 22.8 Å². The first-order chi connectivity index (χ1) is 20.2. The van der Waals surface area contributed by atoms with Gasteiger partial charge in [0.1, 0.15) is 10.9 Å². The molecule has 5 rings (SSSR count). The van der Waals surface area contributed by atoms with Crippen LogP contribution in [-0.2, 0) is 32.6 Å². The molecule has 3 aromatic rings. The third kappa shape index (κ3) is 6.76. The van der Waals surface area contributed by atoms with Gasteiger partial charge in [-0.25, -0.2) is 12.7 Å². The second-order valence-corrected chi connectivity index (χ2v) is 13.6. The number of benzene rings is 3. The Balaban J connectivity index is 1.37. The summed E-state index contributed by atoms with van der Waals surface area (Å²) in [5.74, 6) is -1.05. The molecule has 0 bridgehead atoms. The first kappa shape index (κ1) is 30.0. The minimum Gasteiger partial charge on any atom is -0.352 e. The molecule has 1 aliphatic carbocycles. The summed E-state index contributed by atoms with van der Waals surface area (Å²) < 4.78 is 27.7. The molecule has 1 atom stereocenters. The minimum absolute atomic E-state index is 0.0101. The molecule has 0 aromatic heterocycles. The van der Waals surface area contributed by atoms with E-state index in [4.69, 9.17) is 0 Å². The lowest BCUT2D eigenvalue weighted by molar-refractivity contribution is -0.141. The van der Waals surface area contributed by atoms with Gasteiger partial charge in [0.2, 0.25) is 11.8 Å². The maximum Gasteiger partial charge on any atom is 0.269 e. The quantitative estimate of drug-likeness (QED) is 0.312. The molecule has 42 heavy (non-hydrogen) atoms. The molecule has 1 heterocycles. The third-order valence-electron chi connectivity index (χ3n) is 7.88. The largest absolute Gasteiger partial charge is 0.352 e. The van der Waals surface area contributed by atoms with Crippen molar-refractivity contribution >= 4 is 43.7 Å². The Morgan fingerprint density at radius 1 is 0.952 bits per heavy atom. The van der Waals surface area contributed by atoms with Crippen LogP contribution in [0.5, 0.6) is 0 Å². The van der Waals surface area contributed by atoms with Crippen LogP contribution in [0.4, 0.5) is 0 Å². The van der Waals surface area contributed by atoms with E-state index in [1.807, 2.05) is 54.6 Å². The van der Waals surface area contributed by atoms with Crippen LogP contribution in [0.3, 0.4) is 0 Å². The van der Waals surface area contributed by atoms with Crippen molar-refractivity contribution in [3.05, 3.63) is 100 Å². The lowest BCUT2D eigenvalue weighted by Crippen LogP contribution is -2.52. The first-order valence-corrected chi connectivity index (χ1v) is 16.5. The average Bonchev–Trinajstić information content (AvgIpc) is 3.56. The van der Waals surface area contributed by atoms with Gasteiger partial charge < -0.3 is 10.2 Å². The fourth-order valence-electron chi connectivity index (χ4n) is 5.72. The third-order valence-corrected chi connectivity index (χ3v) is 10.2. The van der Waals surface area contributed by atoms with Gasteiger partial charge in [-0.15, -0.1) is 0 Å². The highest BCUT2D eigenvalue weighted by Gasteiger charge is 2.40. The van der Waals surface area contributed by atoms with Crippen LogP contribution in [0.15, 0.2) is 88.2 Å². The van der Waals surface area contributed by atoms with Crippen LogP contribution >= 0.6 is 15.9 Å². The predicted molar refractivity (Wildman–Crippen MR) is 163 cm³/mol. The number of nitrogens with zero attached hydrogens (tertiary/aromatic N) is 2. The molecule has 0 spiro atoms. The van der Waals surface area contributed by atoms with Gasteiger partial charge in [-0.3, -0.25) is 14.4 Å². The van der Waals surface area contributed by atoms with E-state index in [0.717, 1.165) is 45.6 Å². The number of hydrogen-bond acceptors (Lipinski definition) is 5. The van der Waals surface area contributed by atoms with Gasteiger partial charge in [0, 0.05) is 36.4 Å². The highest BCUT2D eigenvalue weighted by Crippen LogP contribution is 2.30. The SMILES string of the molecule is O=C(NC1CCCC1)[C@H](Cc1ccccc1)N(Cc1cccc(Br)c1)C(=O)CCCN1C(=O)c2ccccc2S1(=O)=O. The maximum atomic E-state index is 13.9. The first-order valence-electron chi connectivity index (χ1n) is 14.3. The van der Waals surface area contributed by atoms with Crippen LogP contribution in [0.25, 0.3) is 0 Å². The number of hydrogen-bond donors (Lipinski definition) is 1. The molecule has 1 N–H and O–H groups in total. The highest BCUT2D eigenvalue weighted by atomic mass is 79.9. The van der Waals surface area contributed by atoms with Crippen molar-refractivity contribution in [2.75, 3.05) is 6.54 Å².